The molecular weight excluding hydrogens is 538 g/mol. The van der Waals surface area contributed by atoms with Gasteiger partial charge in [-0.3, -0.25) is 20.2 Å². The number of nitro benzene ring substituents is 2. The van der Waals surface area contributed by atoms with Gasteiger partial charge in [-0.15, -0.1) is 0 Å². The van der Waals surface area contributed by atoms with E-state index in [-0.39, 0.29) is 45.5 Å². The van der Waals surface area contributed by atoms with Crippen molar-refractivity contribution in [3.05, 3.63) is 128 Å². The summed E-state index contributed by atoms with van der Waals surface area (Å²) in [6.45, 7) is 0. The maximum Gasteiger partial charge on any atom is 0.339 e. The van der Waals surface area contributed by atoms with Crippen LogP contribution in [0.4, 0.5) is 20.2 Å². The Bertz CT molecular complexity index is 1460. The van der Waals surface area contributed by atoms with E-state index in [1.54, 1.807) is 0 Å². The van der Waals surface area contributed by atoms with E-state index >= 15 is 0 Å². The lowest BCUT2D eigenvalue weighted by Crippen LogP contribution is -2.01. The lowest BCUT2D eigenvalue weighted by Gasteiger charge is -2.08. The van der Waals surface area contributed by atoms with E-state index in [1.165, 1.54) is 36.4 Å². The molecule has 0 aliphatic heterocycles. The Balaban J connectivity index is 0.000000220. The first-order valence-electron chi connectivity index (χ1n) is 10.8. The molecule has 0 unspecified atom stereocenters. The van der Waals surface area contributed by atoms with Gasteiger partial charge in [0.15, 0.2) is 0 Å². The van der Waals surface area contributed by atoms with Crippen LogP contribution in [0.25, 0.3) is 0 Å². The van der Waals surface area contributed by atoms with Gasteiger partial charge < -0.3 is 19.7 Å². The molecular formula is C26H16F2N2O10. The first-order valence-corrected chi connectivity index (χ1v) is 10.8. The fraction of sp³-hybridized carbons (Fsp3) is 0. The van der Waals surface area contributed by atoms with Crippen molar-refractivity contribution in [2.24, 2.45) is 0 Å². The molecule has 0 amide bonds. The smallest absolute Gasteiger partial charge is 0.339 e. The number of non-ortho nitro benzene ring substituents is 2. The summed E-state index contributed by atoms with van der Waals surface area (Å²) < 4.78 is 36.1. The number of hydrogen-bond acceptors (Lipinski definition) is 8. The van der Waals surface area contributed by atoms with Crippen molar-refractivity contribution in [2.45, 2.75) is 0 Å². The Morgan fingerprint density at radius 1 is 0.600 bits per heavy atom. The molecule has 0 saturated carbocycles. The summed E-state index contributed by atoms with van der Waals surface area (Å²) in [5.74, 6) is -3.30. The summed E-state index contributed by atoms with van der Waals surface area (Å²) in [7, 11) is 0. The quantitative estimate of drug-likeness (QED) is 0.181. The molecule has 0 fully saturated rings. The molecule has 4 aromatic carbocycles. The lowest BCUT2D eigenvalue weighted by atomic mass is 10.2. The molecule has 0 spiro atoms. The van der Waals surface area contributed by atoms with Crippen LogP contribution in [0.5, 0.6) is 23.0 Å². The Hall–Kier alpha value is -5.92. The molecule has 0 heterocycles. The Morgan fingerprint density at radius 2 is 0.925 bits per heavy atom. The zero-order valence-corrected chi connectivity index (χ0v) is 19.9. The van der Waals surface area contributed by atoms with Gasteiger partial charge >= 0.3 is 11.9 Å². The first kappa shape index (κ1) is 28.6. The SMILES string of the molecule is O=C(O)c1cc([N+](=O)[O-])ccc1Oc1ccc(F)cc1.O=C(O)c1cc([N+](=O)[O-])ccc1Oc1ccc(F)cc1. The number of carboxylic acids is 2. The fourth-order valence-electron chi connectivity index (χ4n) is 3.03. The monoisotopic (exact) mass is 554 g/mol. The van der Waals surface area contributed by atoms with E-state index in [0.717, 1.165) is 48.5 Å². The van der Waals surface area contributed by atoms with Gasteiger partial charge in [0.25, 0.3) is 11.4 Å². The molecule has 204 valence electrons. The van der Waals surface area contributed by atoms with Crippen LogP contribution in [-0.2, 0) is 0 Å². The number of nitro groups is 2. The van der Waals surface area contributed by atoms with E-state index in [0.29, 0.717) is 0 Å². The van der Waals surface area contributed by atoms with Gasteiger partial charge in [-0.05, 0) is 60.7 Å². The second-order valence-corrected chi connectivity index (χ2v) is 7.60. The number of carboxylic acid groups (broad SMARTS) is 2. The van der Waals surface area contributed by atoms with Gasteiger partial charge in [-0.25, -0.2) is 18.4 Å². The maximum absolute atomic E-state index is 12.8. The van der Waals surface area contributed by atoms with Gasteiger partial charge in [-0.1, -0.05) is 0 Å². The third kappa shape index (κ3) is 7.55. The van der Waals surface area contributed by atoms with E-state index in [1.807, 2.05) is 0 Å². The predicted octanol–water partition coefficient (Wildman–Crippen LogP) is 6.45. The van der Waals surface area contributed by atoms with Crippen LogP contribution in [0, 0.1) is 31.9 Å². The summed E-state index contributed by atoms with van der Waals surface area (Å²) in [6.07, 6.45) is 0. The first-order chi connectivity index (χ1) is 18.9. The van der Waals surface area contributed by atoms with E-state index in [4.69, 9.17) is 19.7 Å². The highest BCUT2D eigenvalue weighted by atomic mass is 19.1. The molecule has 0 atom stereocenters. The molecule has 2 N–H and O–H groups in total. The molecule has 0 aliphatic carbocycles. The van der Waals surface area contributed by atoms with Crippen LogP contribution in [0.3, 0.4) is 0 Å². The van der Waals surface area contributed by atoms with Crippen molar-refractivity contribution in [1.29, 1.82) is 0 Å². The summed E-state index contributed by atoms with van der Waals surface area (Å²) in [5, 5.41) is 39.3. The van der Waals surface area contributed by atoms with E-state index < -0.39 is 33.4 Å². The van der Waals surface area contributed by atoms with Crippen molar-refractivity contribution in [3.63, 3.8) is 0 Å². The summed E-state index contributed by atoms with van der Waals surface area (Å²) in [6, 6.07) is 16.3. The highest BCUT2D eigenvalue weighted by Gasteiger charge is 2.19. The highest BCUT2D eigenvalue weighted by molar-refractivity contribution is 5.92. The van der Waals surface area contributed by atoms with Gasteiger partial charge in [0.05, 0.1) is 9.85 Å². The van der Waals surface area contributed by atoms with Crippen molar-refractivity contribution in [3.8, 4) is 23.0 Å². The fourth-order valence-corrected chi connectivity index (χ4v) is 3.03. The lowest BCUT2D eigenvalue weighted by molar-refractivity contribution is -0.385. The van der Waals surface area contributed by atoms with Crippen LogP contribution in [0.15, 0.2) is 84.9 Å². The number of ether oxygens (including phenoxy) is 2. The molecule has 14 heteroatoms. The van der Waals surface area contributed by atoms with Crippen LogP contribution < -0.4 is 9.47 Å². The molecule has 0 aliphatic rings. The van der Waals surface area contributed by atoms with Crippen LogP contribution in [-0.4, -0.2) is 32.0 Å². The van der Waals surface area contributed by atoms with Crippen LogP contribution in [0.1, 0.15) is 20.7 Å². The predicted molar refractivity (Wildman–Crippen MR) is 133 cm³/mol. The number of carbonyl (C=O) groups is 2. The van der Waals surface area contributed by atoms with Crippen LogP contribution in [0.2, 0.25) is 0 Å². The van der Waals surface area contributed by atoms with Crippen molar-refractivity contribution in [2.75, 3.05) is 0 Å². The minimum absolute atomic E-state index is 0.0605. The van der Waals surface area contributed by atoms with Crippen molar-refractivity contribution >= 4 is 23.3 Å². The highest BCUT2D eigenvalue weighted by Crippen LogP contribution is 2.30. The second kappa shape index (κ2) is 12.6. The number of halogens is 2. The normalized spacial score (nSPS) is 10.1. The van der Waals surface area contributed by atoms with Gasteiger partial charge in [-0.2, -0.15) is 0 Å². The van der Waals surface area contributed by atoms with Gasteiger partial charge in [0.1, 0.15) is 45.8 Å². The summed E-state index contributed by atoms with van der Waals surface area (Å²) in [4.78, 5) is 42.0. The minimum atomic E-state index is -1.36. The molecule has 4 aromatic rings. The summed E-state index contributed by atoms with van der Waals surface area (Å²) >= 11 is 0. The standard InChI is InChI=1S/2C13H8FNO5/c2*14-8-1-4-10(5-2-8)20-12-6-3-9(15(18)19)7-11(12)13(16)17/h2*1-7H,(H,16,17). The number of rotatable bonds is 8. The third-order valence-electron chi connectivity index (χ3n) is 4.89. The molecule has 0 radical (unpaired) electrons. The molecule has 0 aromatic heterocycles. The van der Waals surface area contributed by atoms with Crippen LogP contribution >= 0.6 is 0 Å². The zero-order chi connectivity index (χ0) is 29.4. The Kier molecular flexibility index (Phi) is 8.99. The summed E-state index contributed by atoms with van der Waals surface area (Å²) in [5.41, 5.74) is -1.39. The topological polar surface area (TPSA) is 179 Å². The van der Waals surface area contributed by atoms with Crippen molar-refractivity contribution in [1.82, 2.24) is 0 Å². The second-order valence-electron chi connectivity index (χ2n) is 7.60. The van der Waals surface area contributed by atoms with Gasteiger partial charge in [0.2, 0.25) is 0 Å². The largest absolute Gasteiger partial charge is 0.478 e. The van der Waals surface area contributed by atoms with E-state index in [2.05, 4.69) is 0 Å². The Labute approximate surface area is 222 Å². The van der Waals surface area contributed by atoms with E-state index in [9.17, 15) is 38.6 Å². The Morgan fingerprint density at radius 3 is 1.20 bits per heavy atom. The van der Waals surface area contributed by atoms with Gasteiger partial charge in [0, 0.05) is 24.3 Å². The average molecular weight is 554 g/mol. The molecule has 4 rings (SSSR count). The number of hydrogen-bond donors (Lipinski definition) is 2. The minimum Gasteiger partial charge on any atom is -0.478 e. The maximum atomic E-state index is 12.8. The average Bonchev–Trinajstić information content (AvgIpc) is 2.91. The number of benzene rings is 4. The molecule has 12 nitrogen and oxygen atoms in total. The number of nitrogens with zero attached hydrogens (tertiary/aromatic N) is 2. The zero-order valence-electron chi connectivity index (χ0n) is 19.9. The molecule has 0 bridgehead atoms. The molecule has 0 saturated heterocycles. The number of aromatic carboxylic acids is 2. The third-order valence-corrected chi connectivity index (χ3v) is 4.89. The van der Waals surface area contributed by atoms with Crippen molar-refractivity contribution < 1.29 is 47.9 Å². The molecule has 40 heavy (non-hydrogen) atoms.